The molecule has 1 amide bonds. The second-order valence-electron chi connectivity index (χ2n) is 6.96. The maximum atomic E-state index is 12.1. The number of hydrogen-bond donors (Lipinski definition) is 2. The minimum absolute atomic E-state index is 0.0205. The normalized spacial score (nSPS) is 14.7. The van der Waals surface area contributed by atoms with E-state index in [0.717, 1.165) is 23.2 Å². The molecule has 27 heavy (non-hydrogen) atoms. The number of hydrogen-bond acceptors (Lipinski definition) is 4. The maximum absolute atomic E-state index is 12.1. The van der Waals surface area contributed by atoms with Gasteiger partial charge in [0.1, 0.15) is 12.1 Å². The zero-order valence-electron chi connectivity index (χ0n) is 15.2. The predicted octanol–water partition coefficient (Wildman–Crippen LogP) is 2.42. The van der Waals surface area contributed by atoms with Gasteiger partial charge < -0.3 is 14.6 Å². The quantitative estimate of drug-likeness (QED) is 0.616. The summed E-state index contributed by atoms with van der Waals surface area (Å²) in [6.07, 6.45) is 2.70. The molecule has 0 aliphatic carbocycles. The van der Waals surface area contributed by atoms with Crippen molar-refractivity contribution in [3.05, 3.63) is 59.7 Å². The van der Waals surface area contributed by atoms with Crippen LogP contribution in [-0.4, -0.2) is 29.7 Å². The molecule has 0 saturated carbocycles. The molecule has 3 aromatic rings. The highest BCUT2D eigenvalue weighted by Gasteiger charge is 2.15. The van der Waals surface area contributed by atoms with Gasteiger partial charge in [0.05, 0.1) is 18.8 Å². The molecular formula is C21H24N3O2S+. The van der Waals surface area contributed by atoms with Crippen LogP contribution in [0.5, 0.6) is 0 Å². The molecule has 0 radical (unpaired) electrons. The first-order chi connectivity index (χ1) is 13.3. The summed E-state index contributed by atoms with van der Waals surface area (Å²) < 4.78 is 5.62. The number of benzene rings is 2. The van der Waals surface area contributed by atoms with Gasteiger partial charge in [0, 0.05) is 24.9 Å². The Hall–Kier alpha value is -2.31. The van der Waals surface area contributed by atoms with Crippen molar-refractivity contribution >= 4 is 28.8 Å². The lowest BCUT2D eigenvalue weighted by Gasteiger charge is -2.12. The molecule has 1 aliphatic rings. The van der Waals surface area contributed by atoms with Crippen molar-refractivity contribution in [2.45, 2.75) is 31.2 Å². The molecule has 2 N–H and O–H groups in total. The fourth-order valence-electron chi connectivity index (χ4n) is 3.41. The van der Waals surface area contributed by atoms with Gasteiger partial charge in [-0.15, -0.1) is 0 Å². The number of aromatic nitrogens is 1. The van der Waals surface area contributed by atoms with Gasteiger partial charge in [-0.3, -0.25) is 4.79 Å². The summed E-state index contributed by atoms with van der Waals surface area (Å²) >= 11 is 1.32. The number of likely N-dealkylation sites (tertiary alicyclic amines) is 1. The molecule has 6 heteroatoms. The van der Waals surface area contributed by atoms with Crippen LogP contribution in [-0.2, 0) is 17.9 Å². The van der Waals surface area contributed by atoms with Gasteiger partial charge in [0.2, 0.25) is 5.91 Å². The Kier molecular flexibility index (Phi) is 5.75. The summed E-state index contributed by atoms with van der Waals surface area (Å²) in [6.45, 7) is 4.22. The number of rotatable bonds is 7. The van der Waals surface area contributed by atoms with Gasteiger partial charge in [0.25, 0.3) is 5.22 Å². The Morgan fingerprint density at radius 1 is 1.07 bits per heavy atom. The van der Waals surface area contributed by atoms with Crippen molar-refractivity contribution in [1.29, 1.82) is 0 Å². The van der Waals surface area contributed by atoms with Crippen LogP contribution in [0.2, 0.25) is 0 Å². The van der Waals surface area contributed by atoms with Gasteiger partial charge >= 0.3 is 0 Å². The monoisotopic (exact) mass is 382 g/mol. The number of quaternary nitrogens is 1. The van der Waals surface area contributed by atoms with Crippen molar-refractivity contribution in [3.63, 3.8) is 0 Å². The summed E-state index contributed by atoms with van der Waals surface area (Å²) in [5.74, 6) is 0.274. The molecule has 2 aromatic carbocycles. The SMILES string of the molecule is O=C(CSc1nc2ccccc2o1)NCc1ccc(C[NH+]2CCCC2)cc1. The molecule has 2 heterocycles. The molecule has 1 fully saturated rings. The van der Waals surface area contributed by atoms with E-state index in [1.807, 2.05) is 24.3 Å². The molecule has 140 valence electrons. The van der Waals surface area contributed by atoms with Crippen LogP contribution in [0, 0.1) is 0 Å². The summed E-state index contributed by atoms with van der Waals surface area (Å²) in [6, 6.07) is 16.2. The molecule has 0 atom stereocenters. The van der Waals surface area contributed by atoms with Crippen LogP contribution < -0.4 is 10.2 Å². The number of nitrogens with zero attached hydrogens (tertiary/aromatic N) is 1. The van der Waals surface area contributed by atoms with Crippen LogP contribution in [0.15, 0.2) is 58.2 Å². The van der Waals surface area contributed by atoms with Crippen LogP contribution in [0.4, 0.5) is 0 Å². The second-order valence-corrected chi connectivity index (χ2v) is 7.89. The smallest absolute Gasteiger partial charge is 0.257 e. The van der Waals surface area contributed by atoms with Gasteiger partial charge in [-0.2, -0.15) is 0 Å². The average molecular weight is 383 g/mol. The topological polar surface area (TPSA) is 59.6 Å². The van der Waals surface area contributed by atoms with Crippen molar-refractivity contribution in [2.24, 2.45) is 0 Å². The number of thioether (sulfide) groups is 1. The van der Waals surface area contributed by atoms with E-state index in [-0.39, 0.29) is 5.91 Å². The highest BCUT2D eigenvalue weighted by molar-refractivity contribution is 7.99. The van der Waals surface area contributed by atoms with Gasteiger partial charge in [-0.05, 0) is 17.7 Å². The lowest BCUT2D eigenvalue weighted by molar-refractivity contribution is -0.901. The van der Waals surface area contributed by atoms with Crippen LogP contribution >= 0.6 is 11.8 Å². The minimum atomic E-state index is -0.0205. The highest BCUT2D eigenvalue weighted by atomic mass is 32.2. The van der Waals surface area contributed by atoms with E-state index in [2.05, 4.69) is 34.6 Å². The first-order valence-electron chi connectivity index (χ1n) is 9.43. The van der Waals surface area contributed by atoms with E-state index in [4.69, 9.17) is 4.42 Å². The van der Waals surface area contributed by atoms with E-state index < -0.39 is 0 Å². The van der Waals surface area contributed by atoms with Crippen molar-refractivity contribution in [2.75, 3.05) is 18.8 Å². The molecule has 1 aliphatic heterocycles. The summed E-state index contributed by atoms with van der Waals surface area (Å²) in [4.78, 5) is 18.1. The zero-order chi connectivity index (χ0) is 18.5. The number of para-hydroxylation sites is 2. The van der Waals surface area contributed by atoms with E-state index in [1.54, 1.807) is 4.90 Å². The lowest BCUT2D eigenvalue weighted by Crippen LogP contribution is -3.08. The number of nitrogens with one attached hydrogen (secondary N) is 2. The third-order valence-corrected chi connectivity index (χ3v) is 5.71. The van der Waals surface area contributed by atoms with Gasteiger partial charge in [-0.1, -0.05) is 48.2 Å². The molecule has 5 nitrogen and oxygen atoms in total. The first kappa shape index (κ1) is 18.1. The van der Waals surface area contributed by atoms with Gasteiger partial charge in [-0.25, -0.2) is 4.98 Å². The second kappa shape index (κ2) is 8.59. The van der Waals surface area contributed by atoms with Crippen LogP contribution in [0.25, 0.3) is 11.1 Å². The molecule has 0 unspecified atom stereocenters. The molecule has 4 rings (SSSR count). The summed E-state index contributed by atoms with van der Waals surface area (Å²) in [5.41, 5.74) is 4.05. The lowest BCUT2D eigenvalue weighted by atomic mass is 10.1. The average Bonchev–Trinajstić information content (AvgIpc) is 3.35. The highest BCUT2D eigenvalue weighted by Crippen LogP contribution is 2.22. The van der Waals surface area contributed by atoms with Gasteiger partial charge in [0.15, 0.2) is 5.58 Å². The third-order valence-electron chi connectivity index (χ3n) is 4.88. The van der Waals surface area contributed by atoms with E-state index >= 15 is 0 Å². The standard InChI is InChI=1S/C21H23N3O2S/c25-20(15-27-21-23-18-5-1-2-6-19(18)26-21)22-13-16-7-9-17(10-8-16)14-24-11-3-4-12-24/h1-2,5-10H,3-4,11-15H2,(H,22,25)/p+1. The number of carbonyl (C=O) groups excluding carboxylic acids is 1. The molecule has 0 bridgehead atoms. The largest absolute Gasteiger partial charge is 0.431 e. The van der Waals surface area contributed by atoms with Crippen LogP contribution in [0.3, 0.4) is 0 Å². The van der Waals surface area contributed by atoms with Crippen molar-refractivity contribution < 1.29 is 14.1 Å². The number of fused-ring (bicyclic) bond motifs is 1. The molecular weight excluding hydrogens is 358 g/mol. The van der Waals surface area contributed by atoms with Crippen LogP contribution in [0.1, 0.15) is 24.0 Å². The Morgan fingerprint density at radius 2 is 1.81 bits per heavy atom. The Labute approximate surface area is 163 Å². The third kappa shape index (κ3) is 4.90. The molecule has 1 aromatic heterocycles. The summed E-state index contributed by atoms with van der Waals surface area (Å²) in [5, 5.41) is 3.49. The molecule has 1 saturated heterocycles. The number of carbonyl (C=O) groups is 1. The Balaban J connectivity index is 1.22. The summed E-state index contributed by atoms with van der Waals surface area (Å²) in [7, 11) is 0. The Bertz CT molecular complexity index is 868. The fraction of sp³-hybridized carbons (Fsp3) is 0.333. The predicted molar refractivity (Wildman–Crippen MR) is 107 cm³/mol. The van der Waals surface area contributed by atoms with Crippen molar-refractivity contribution in [3.8, 4) is 0 Å². The minimum Gasteiger partial charge on any atom is -0.431 e. The van der Waals surface area contributed by atoms with E-state index in [1.165, 1.54) is 43.3 Å². The number of oxazole rings is 1. The van der Waals surface area contributed by atoms with Crippen molar-refractivity contribution in [1.82, 2.24) is 10.3 Å². The van der Waals surface area contributed by atoms with E-state index in [0.29, 0.717) is 17.5 Å². The number of amides is 1. The maximum Gasteiger partial charge on any atom is 0.257 e. The van der Waals surface area contributed by atoms with E-state index in [9.17, 15) is 4.79 Å². The molecule has 0 spiro atoms. The first-order valence-corrected chi connectivity index (χ1v) is 10.4. The fourth-order valence-corrected chi connectivity index (χ4v) is 4.08. The Morgan fingerprint density at radius 3 is 2.59 bits per heavy atom. The zero-order valence-corrected chi connectivity index (χ0v) is 16.1.